The monoisotopic (exact) mass is 231 g/mol. The average molecular weight is 231 g/mol. The number of aryl methyl sites for hydroxylation is 2. The van der Waals surface area contributed by atoms with Gasteiger partial charge in [-0.1, -0.05) is 6.92 Å². The highest BCUT2D eigenvalue weighted by molar-refractivity contribution is 5.65. The zero-order chi connectivity index (χ0) is 12.4. The zero-order valence-corrected chi connectivity index (χ0v) is 10.4. The lowest BCUT2D eigenvalue weighted by molar-refractivity contribution is 0.410. The minimum atomic E-state index is 0.450. The molecule has 1 heterocycles. The number of aromatic nitrogens is 2. The highest BCUT2D eigenvalue weighted by Crippen LogP contribution is 2.28. The quantitative estimate of drug-likeness (QED) is 0.853. The van der Waals surface area contributed by atoms with Crippen LogP contribution in [0.1, 0.15) is 18.2 Å². The first kappa shape index (κ1) is 11.5. The Bertz CT molecular complexity index is 531. The van der Waals surface area contributed by atoms with Crippen LogP contribution < -0.4 is 10.5 Å². The number of hydrogen-bond acceptors (Lipinski definition) is 3. The first-order chi connectivity index (χ1) is 8.15. The van der Waals surface area contributed by atoms with Gasteiger partial charge in [-0.3, -0.25) is 0 Å². The van der Waals surface area contributed by atoms with E-state index in [0.29, 0.717) is 5.95 Å². The summed E-state index contributed by atoms with van der Waals surface area (Å²) in [6.45, 7) is 4.07. The van der Waals surface area contributed by atoms with Gasteiger partial charge in [0, 0.05) is 11.3 Å². The van der Waals surface area contributed by atoms with Crippen molar-refractivity contribution in [1.29, 1.82) is 0 Å². The van der Waals surface area contributed by atoms with Gasteiger partial charge in [-0.25, -0.2) is 4.98 Å². The van der Waals surface area contributed by atoms with Crippen molar-refractivity contribution in [3.8, 4) is 17.0 Å². The number of nitrogen functional groups attached to an aromatic ring is 1. The molecule has 0 aliphatic heterocycles. The number of nitrogens with two attached hydrogens (primary N) is 1. The maximum absolute atomic E-state index is 5.65. The molecular weight excluding hydrogens is 214 g/mol. The van der Waals surface area contributed by atoms with E-state index in [2.05, 4.69) is 23.0 Å². The molecule has 4 nitrogen and oxygen atoms in total. The number of methoxy groups -OCH3 is 1. The summed E-state index contributed by atoms with van der Waals surface area (Å²) in [6, 6.07) is 6.07. The van der Waals surface area contributed by atoms with E-state index < -0.39 is 0 Å². The second-order valence-electron chi connectivity index (χ2n) is 3.98. The average Bonchev–Trinajstić information content (AvgIpc) is 2.67. The summed E-state index contributed by atoms with van der Waals surface area (Å²) in [4.78, 5) is 7.30. The molecule has 0 bridgehead atoms. The largest absolute Gasteiger partial charge is 0.496 e. The van der Waals surface area contributed by atoms with E-state index in [-0.39, 0.29) is 0 Å². The predicted molar refractivity (Wildman–Crippen MR) is 69.1 cm³/mol. The summed E-state index contributed by atoms with van der Waals surface area (Å²) in [5.74, 6) is 1.36. The van der Waals surface area contributed by atoms with E-state index in [1.165, 1.54) is 5.56 Å². The van der Waals surface area contributed by atoms with Crippen LogP contribution in [0.15, 0.2) is 18.2 Å². The van der Waals surface area contributed by atoms with Gasteiger partial charge in [-0.05, 0) is 37.1 Å². The number of anilines is 1. The van der Waals surface area contributed by atoms with Gasteiger partial charge < -0.3 is 15.5 Å². The molecule has 0 amide bonds. The number of benzene rings is 1. The molecule has 0 aliphatic carbocycles. The Morgan fingerprint density at radius 1 is 1.41 bits per heavy atom. The molecule has 1 aromatic heterocycles. The number of imidazole rings is 1. The van der Waals surface area contributed by atoms with Crippen LogP contribution in [0, 0.1) is 6.92 Å². The number of nitrogens with zero attached hydrogens (tertiary/aromatic N) is 1. The number of hydrogen-bond donors (Lipinski definition) is 2. The SMILES string of the molecule is CCc1cc(-c2nc(N)[nH]c2C)ccc1OC. The Labute approximate surface area is 101 Å². The summed E-state index contributed by atoms with van der Waals surface area (Å²) in [5, 5.41) is 0. The highest BCUT2D eigenvalue weighted by Gasteiger charge is 2.09. The summed E-state index contributed by atoms with van der Waals surface area (Å²) < 4.78 is 5.31. The molecule has 90 valence electrons. The summed E-state index contributed by atoms with van der Waals surface area (Å²) in [5.41, 5.74) is 9.77. The Hall–Kier alpha value is -1.97. The fourth-order valence-electron chi connectivity index (χ4n) is 1.97. The number of nitrogens with one attached hydrogen (secondary N) is 1. The molecule has 0 aliphatic rings. The fraction of sp³-hybridized carbons (Fsp3) is 0.308. The van der Waals surface area contributed by atoms with Crippen LogP contribution in [0.2, 0.25) is 0 Å². The Kier molecular flexibility index (Phi) is 3.04. The lowest BCUT2D eigenvalue weighted by atomic mass is 10.0. The van der Waals surface area contributed by atoms with Crippen molar-refractivity contribution in [2.45, 2.75) is 20.3 Å². The molecule has 0 saturated heterocycles. The van der Waals surface area contributed by atoms with E-state index >= 15 is 0 Å². The van der Waals surface area contributed by atoms with Gasteiger partial charge in [0.15, 0.2) is 5.95 Å². The normalized spacial score (nSPS) is 10.5. The Morgan fingerprint density at radius 3 is 2.71 bits per heavy atom. The van der Waals surface area contributed by atoms with Crippen molar-refractivity contribution in [1.82, 2.24) is 9.97 Å². The molecule has 0 fully saturated rings. The lowest BCUT2D eigenvalue weighted by Crippen LogP contribution is -1.92. The van der Waals surface area contributed by atoms with E-state index in [1.54, 1.807) is 7.11 Å². The van der Waals surface area contributed by atoms with Crippen molar-refractivity contribution in [2.24, 2.45) is 0 Å². The number of aromatic amines is 1. The lowest BCUT2D eigenvalue weighted by Gasteiger charge is -2.08. The third-order valence-electron chi connectivity index (χ3n) is 2.84. The highest BCUT2D eigenvalue weighted by atomic mass is 16.5. The van der Waals surface area contributed by atoms with Crippen LogP contribution in [0.3, 0.4) is 0 Å². The molecule has 0 radical (unpaired) electrons. The third-order valence-corrected chi connectivity index (χ3v) is 2.84. The molecule has 0 saturated carbocycles. The van der Waals surface area contributed by atoms with Crippen LogP contribution in [-0.2, 0) is 6.42 Å². The van der Waals surface area contributed by atoms with Crippen LogP contribution in [0.4, 0.5) is 5.95 Å². The van der Waals surface area contributed by atoms with E-state index in [1.807, 2.05) is 19.1 Å². The Morgan fingerprint density at radius 2 is 2.18 bits per heavy atom. The Balaban J connectivity index is 2.50. The minimum Gasteiger partial charge on any atom is -0.496 e. The molecule has 3 N–H and O–H groups in total. The van der Waals surface area contributed by atoms with Crippen LogP contribution in [0.25, 0.3) is 11.3 Å². The molecule has 2 rings (SSSR count). The molecule has 0 spiro atoms. The van der Waals surface area contributed by atoms with E-state index in [9.17, 15) is 0 Å². The predicted octanol–water partition coefficient (Wildman–Crippen LogP) is 2.54. The second kappa shape index (κ2) is 4.49. The topological polar surface area (TPSA) is 63.9 Å². The second-order valence-corrected chi connectivity index (χ2v) is 3.98. The molecule has 2 aromatic rings. The molecular formula is C13H17N3O. The van der Waals surface area contributed by atoms with Crippen molar-refractivity contribution < 1.29 is 4.74 Å². The van der Waals surface area contributed by atoms with Gasteiger partial charge in [0.05, 0.1) is 12.8 Å². The van der Waals surface area contributed by atoms with Crippen molar-refractivity contribution in [3.05, 3.63) is 29.5 Å². The summed E-state index contributed by atoms with van der Waals surface area (Å²) in [7, 11) is 1.69. The maximum atomic E-state index is 5.65. The van der Waals surface area contributed by atoms with Gasteiger partial charge >= 0.3 is 0 Å². The number of ether oxygens (including phenoxy) is 1. The van der Waals surface area contributed by atoms with Crippen molar-refractivity contribution in [3.63, 3.8) is 0 Å². The summed E-state index contributed by atoms with van der Waals surface area (Å²) >= 11 is 0. The van der Waals surface area contributed by atoms with Crippen LogP contribution in [0.5, 0.6) is 5.75 Å². The van der Waals surface area contributed by atoms with Gasteiger partial charge in [-0.2, -0.15) is 0 Å². The molecule has 17 heavy (non-hydrogen) atoms. The number of rotatable bonds is 3. The van der Waals surface area contributed by atoms with E-state index in [0.717, 1.165) is 29.1 Å². The minimum absolute atomic E-state index is 0.450. The van der Waals surface area contributed by atoms with Gasteiger partial charge in [0.25, 0.3) is 0 Å². The first-order valence-corrected chi connectivity index (χ1v) is 5.65. The molecule has 0 unspecified atom stereocenters. The maximum Gasteiger partial charge on any atom is 0.198 e. The van der Waals surface area contributed by atoms with Crippen molar-refractivity contribution in [2.75, 3.05) is 12.8 Å². The van der Waals surface area contributed by atoms with Gasteiger partial charge in [0.1, 0.15) is 5.75 Å². The standard InChI is InChI=1S/C13H17N3O/c1-4-9-7-10(5-6-11(9)17-3)12-8(2)15-13(14)16-12/h5-7H,4H2,1-3H3,(H3,14,15,16). The van der Waals surface area contributed by atoms with Crippen LogP contribution >= 0.6 is 0 Å². The smallest absolute Gasteiger partial charge is 0.198 e. The molecule has 0 atom stereocenters. The van der Waals surface area contributed by atoms with Crippen molar-refractivity contribution >= 4 is 5.95 Å². The van der Waals surface area contributed by atoms with Crippen LogP contribution in [-0.4, -0.2) is 17.1 Å². The molecule has 4 heteroatoms. The number of H-pyrrole nitrogens is 1. The van der Waals surface area contributed by atoms with E-state index in [4.69, 9.17) is 10.5 Å². The zero-order valence-electron chi connectivity index (χ0n) is 10.4. The van der Waals surface area contributed by atoms with Gasteiger partial charge in [0.2, 0.25) is 0 Å². The molecule has 1 aromatic carbocycles. The first-order valence-electron chi connectivity index (χ1n) is 5.65. The third kappa shape index (κ3) is 2.11. The summed E-state index contributed by atoms with van der Waals surface area (Å²) in [6.07, 6.45) is 0.927. The van der Waals surface area contributed by atoms with Gasteiger partial charge in [-0.15, -0.1) is 0 Å². The fourth-order valence-corrected chi connectivity index (χ4v) is 1.97.